The second kappa shape index (κ2) is 26.0. The van der Waals surface area contributed by atoms with Crippen LogP contribution in [-0.2, 0) is 0 Å². The van der Waals surface area contributed by atoms with E-state index in [0.717, 1.165) is 132 Å². The number of nitrogens with zero attached hydrogens (tertiary/aromatic N) is 5. The molecule has 0 aliphatic rings. The second-order valence-corrected chi connectivity index (χ2v) is 27.4. The molecule has 10 heteroatoms. The van der Waals surface area contributed by atoms with Crippen LogP contribution in [0.25, 0.3) is 176 Å². The normalized spacial score (nSPS) is 12.2. The SMILES string of the molecule is Cc1cc2oc3ccc(-c4ccccc4)nc3c2cc1C.Cc1cc2oc3cnc4c5ccccc5ccc4c3c2cc1C.Cc1cc2oc3nc(-c4ccccc4)ccc3c2cc1C.Cc1cc2oc3nc4c(ccc5ccccc54)cc3c2cc1C.[2H]C([2H])([2H])c1ccc2c(n1)oc1cc(C)c(C)cc12. The van der Waals surface area contributed by atoms with Crippen molar-refractivity contribution in [3.05, 3.63) is 304 Å². The molecule has 0 unspecified atom stereocenters. The molecule has 0 aliphatic heterocycles. The Morgan fingerprint density at radius 2 is 0.663 bits per heavy atom. The molecule has 0 saturated carbocycles. The van der Waals surface area contributed by atoms with Crippen molar-refractivity contribution < 1.29 is 26.2 Å². The topological polar surface area (TPSA) is 130 Å². The number of aryl methyl sites for hydroxylation is 11. The summed E-state index contributed by atoms with van der Waals surface area (Å²) in [5, 5.41) is 16.8. The summed E-state index contributed by atoms with van der Waals surface area (Å²) in [6.45, 7) is 18.8. The van der Waals surface area contributed by atoms with Gasteiger partial charge in [0.2, 0.25) is 17.1 Å². The fourth-order valence-electron chi connectivity index (χ4n) is 14.1. The van der Waals surface area contributed by atoms with Crippen LogP contribution in [0.15, 0.2) is 265 Å². The van der Waals surface area contributed by atoms with Crippen molar-refractivity contribution in [2.45, 2.75) is 76.1 Å². The highest BCUT2D eigenvalue weighted by molar-refractivity contribution is 6.22. The smallest absolute Gasteiger partial charge is 0.227 e. The molecule has 10 heterocycles. The first-order valence-corrected chi connectivity index (χ1v) is 35.0. The number of hydrogen-bond acceptors (Lipinski definition) is 10. The highest BCUT2D eigenvalue weighted by atomic mass is 16.4. The van der Waals surface area contributed by atoms with Gasteiger partial charge in [-0.2, -0.15) is 0 Å². The van der Waals surface area contributed by atoms with Gasteiger partial charge >= 0.3 is 0 Å². The number of furan rings is 5. The lowest BCUT2D eigenvalue weighted by Gasteiger charge is -2.04. The molecular formula is C94H73N5O5. The van der Waals surface area contributed by atoms with Gasteiger partial charge in [-0.3, -0.25) is 4.98 Å². The average molecular weight is 1360 g/mol. The summed E-state index contributed by atoms with van der Waals surface area (Å²) in [6.07, 6.45) is 1.86. The van der Waals surface area contributed by atoms with E-state index in [1.165, 1.54) is 82.4 Å². The third-order valence-corrected chi connectivity index (χ3v) is 20.6. The summed E-state index contributed by atoms with van der Waals surface area (Å²) in [5.74, 6) is 0. The molecule has 21 rings (SSSR count). The van der Waals surface area contributed by atoms with Gasteiger partial charge in [0.25, 0.3) is 0 Å². The van der Waals surface area contributed by atoms with Gasteiger partial charge in [-0.1, -0.05) is 133 Å². The number of aromatic nitrogens is 5. The Balaban J connectivity index is 0.0000000984. The summed E-state index contributed by atoms with van der Waals surface area (Å²) >= 11 is 0. The molecule has 104 heavy (non-hydrogen) atoms. The molecule has 10 aromatic heterocycles. The Kier molecular flexibility index (Phi) is 15.3. The summed E-state index contributed by atoms with van der Waals surface area (Å²) in [6, 6.07) is 80.6. The molecule has 0 fully saturated rings. The first kappa shape index (κ1) is 61.1. The van der Waals surface area contributed by atoms with Gasteiger partial charge in [0.1, 0.15) is 33.4 Å². The molecule has 10 nitrogen and oxygen atoms in total. The molecular weight excluding hydrogens is 1280 g/mol. The number of rotatable bonds is 2. The number of benzene rings is 11. The van der Waals surface area contributed by atoms with Crippen molar-refractivity contribution in [3.8, 4) is 22.5 Å². The third kappa shape index (κ3) is 11.7. The Morgan fingerprint density at radius 3 is 1.24 bits per heavy atom. The van der Waals surface area contributed by atoms with Crippen molar-refractivity contribution in [2.75, 3.05) is 0 Å². The van der Waals surface area contributed by atoms with Crippen LogP contribution in [0.3, 0.4) is 0 Å². The minimum absolute atomic E-state index is 0.0625. The van der Waals surface area contributed by atoms with Crippen LogP contribution in [0, 0.1) is 76.1 Å². The molecule has 0 spiro atoms. The van der Waals surface area contributed by atoms with Gasteiger partial charge in [-0.15, -0.1) is 0 Å². The quantitative estimate of drug-likeness (QED) is 0.154. The summed E-state index contributed by atoms with van der Waals surface area (Å²) in [5.41, 5.74) is 27.5. The van der Waals surface area contributed by atoms with E-state index in [1.54, 1.807) is 12.1 Å². The first-order valence-electron chi connectivity index (χ1n) is 36.5. The van der Waals surface area contributed by atoms with Crippen molar-refractivity contribution >= 4 is 154 Å². The molecule has 0 bridgehead atoms. The highest BCUT2D eigenvalue weighted by Crippen LogP contribution is 2.40. The molecule has 0 amide bonds. The van der Waals surface area contributed by atoms with Crippen LogP contribution in [-0.4, -0.2) is 24.9 Å². The maximum absolute atomic E-state index is 7.38. The maximum Gasteiger partial charge on any atom is 0.227 e. The molecule has 0 radical (unpaired) electrons. The zero-order valence-corrected chi connectivity index (χ0v) is 59.4. The molecule has 504 valence electrons. The van der Waals surface area contributed by atoms with E-state index >= 15 is 0 Å². The fourth-order valence-corrected chi connectivity index (χ4v) is 14.1. The molecule has 0 atom stereocenters. The van der Waals surface area contributed by atoms with E-state index < -0.39 is 6.85 Å². The minimum Gasteiger partial charge on any atom is -0.454 e. The van der Waals surface area contributed by atoms with Gasteiger partial charge in [0.05, 0.1) is 28.6 Å². The molecule has 0 aliphatic carbocycles. The molecule has 21 aromatic rings. The average Bonchev–Trinajstić information content (AvgIpc) is 1.64. The summed E-state index contributed by atoms with van der Waals surface area (Å²) in [4.78, 5) is 23.1. The van der Waals surface area contributed by atoms with Gasteiger partial charge in [0, 0.05) is 91.0 Å². The minimum atomic E-state index is -2.21. The van der Waals surface area contributed by atoms with Crippen LogP contribution in [0.2, 0.25) is 0 Å². The summed E-state index contributed by atoms with van der Waals surface area (Å²) < 4.78 is 51.7. The van der Waals surface area contributed by atoms with E-state index in [2.05, 4.69) is 234 Å². The standard InChI is InChI=1S/2C21H15NO.2C19H15NO.C14H13NO/c1-12-9-17-18-11-15-8-7-14-5-3-4-6-16(14)20(15)22-21(18)23-19(17)10-13(12)2;1-12-9-17-18(10-13(12)2)23-19-11-22-21-15-6-4-3-5-14(15)7-8-16(21)20(17)19;1-12-10-15-18(11-13(12)2)21-17-9-8-16(20-19(15)17)14-6-4-3-5-7-14;1-12-10-16-15-8-9-17(14-6-4-3-5-7-14)20-19(15)21-18(16)11-13(12)2;1-8-6-12-11-5-4-10(3)15-14(11)16-13(12)7-9(8)2/h2*3-11H,1-2H3;2*3-11H,1-2H3;4-7H,1-3H3/i;;;;3D3. The van der Waals surface area contributed by atoms with Crippen LogP contribution >= 0.6 is 0 Å². The van der Waals surface area contributed by atoms with E-state index in [-0.39, 0.29) is 5.69 Å². The molecule has 0 N–H and O–H groups in total. The van der Waals surface area contributed by atoms with E-state index in [1.807, 2.05) is 80.7 Å². The third-order valence-electron chi connectivity index (χ3n) is 20.6. The molecule has 11 aromatic carbocycles. The van der Waals surface area contributed by atoms with E-state index in [9.17, 15) is 0 Å². The van der Waals surface area contributed by atoms with Crippen molar-refractivity contribution in [1.29, 1.82) is 0 Å². The van der Waals surface area contributed by atoms with Gasteiger partial charge in [-0.05, 0) is 246 Å². The molecule has 0 saturated heterocycles. The van der Waals surface area contributed by atoms with Crippen molar-refractivity contribution in [1.82, 2.24) is 24.9 Å². The lowest BCUT2D eigenvalue weighted by molar-refractivity contribution is 0.652. The highest BCUT2D eigenvalue weighted by Gasteiger charge is 2.18. The zero-order valence-electron chi connectivity index (χ0n) is 62.4. The van der Waals surface area contributed by atoms with Gasteiger partial charge in [0.15, 0.2) is 11.2 Å². The zero-order chi connectivity index (χ0) is 73.7. The summed E-state index contributed by atoms with van der Waals surface area (Å²) in [7, 11) is 0. The van der Waals surface area contributed by atoms with Gasteiger partial charge in [-0.25, -0.2) is 19.9 Å². The van der Waals surface area contributed by atoms with E-state index in [0.29, 0.717) is 17.1 Å². The Hall–Kier alpha value is -12.8. The monoisotopic (exact) mass is 1350 g/mol. The Morgan fingerprint density at radius 1 is 0.250 bits per heavy atom. The van der Waals surface area contributed by atoms with Crippen LogP contribution < -0.4 is 0 Å². The predicted molar refractivity (Wildman–Crippen MR) is 431 cm³/mol. The second-order valence-electron chi connectivity index (χ2n) is 27.4. The number of fused-ring (bicyclic) bond motifs is 22. The van der Waals surface area contributed by atoms with Crippen LogP contribution in [0.1, 0.15) is 65.4 Å². The van der Waals surface area contributed by atoms with Crippen molar-refractivity contribution in [2.24, 2.45) is 0 Å². The predicted octanol–water partition coefficient (Wildman–Crippen LogP) is 26.2. The lowest BCUT2D eigenvalue weighted by Crippen LogP contribution is -1.84. The Labute approximate surface area is 604 Å². The number of hydrogen-bond donors (Lipinski definition) is 0. The fraction of sp³-hybridized carbons (Fsp3) is 0.117. The van der Waals surface area contributed by atoms with Gasteiger partial charge < -0.3 is 22.1 Å². The first-order chi connectivity index (χ1) is 51.7. The van der Waals surface area contributed by atoms with E-state index in [4.69, 9.17) is 36.2 Å². The van der Waals surface area contributed by atoms with Crippen LogP contribution in [0.5, 0.6) is 0 Å². The maximum atomic E-state index is 7.38. The van der Waals surface area contributed by atoms with Crippen molar-refractivity contribution in [3.63, 3.8) is 0 Å². The lowest BCUT2D eigenvalue weighted by atomic mass is 10.0. The van der Waals surface area contributed by atoms with Crippen LogP contribution in [0.4, 0.5) is 0 Å². The largest absolute Gasteiger partial charge is 0.454 e. The Bertz CT molecular complexity index is 7120. The number of pyridine rings is 5.